The number of oxime groups is 1. The molecule has 0 radical (unpaired) electrons. The van der Waals surface area contributed by atoms with Gasteiger partial charge in [-0.25, -0.2) is 0 Å². The van der Waals surface area contributed by atoms with E-state index in [1.165, 1.54) is 4.90 Å². The molecule has 0 aliphatic heterocycles. The smallest absolute Gasteiger partial charge is 0.240 e. The minimum atomic E-state index is -1.03. The number of hydrogen-bond donors (Lipinski definition) is 2. The van der Waals surface area contributed by atoms with Crippen molar-refractivity contribution in [1.29, 1.82) is 0 Å². The maximum absolute atomic E-state index is 12.4. The lowest BCUT2D eigenvalue weighted by Gasteiger charge is -2.30. The molecule has 1 amide bonds. The van der Waals surface area contributed by atoms with E-state index in [-0.39, 0.29) is 11.7 Å². The third kappa shape index (κ3) is 2.42. The number of carbonyl (C=O) groups is 1. The molecule has 1 atom stereocenters. The SMILES string of the molecule is CCC(C)(C(=O)N(C)c1cccnc1)/C(N)=N/O. The summed E-state index contributed by atoms with van der Waals surface area (Å²) in [6.45, 7) is 3.46. The van der Waals surface area contributed by atoms with Gasteiger partial charge in [0.1, 0.15) is 5.41 Å². The largest absolute Gasteiger partial charge is 0.409 e. The molecule has 1 heterocycles. The Bertz CT molecular complexity index is 447. The first-order valence-corrected chi connectivity index (χ1v) is 5.63. The Kier molecular flexibility index (Phi) is 4.25. The zero-order valence-corrected chi connectivity index (χ0v) is 10.8. The van der Waals surface area contributed by atoms with Gasteiger partial charge in [-0.15, -0.1) is 0 Å². The van der Waals surface area contributed by atoms with E-state index >= 15 is 0 Å². The number of anilines is 1. The molecule has 0 aromatic carbocycles. The van der Waals surface area contributed by atoms with E-state index in [0.29, 0.717) is 12.1 Å². The number of amidine groups is 1. The summed E-state index contributed by atoms with van der Waals surface area (Å²) >= 11 is 0. The Morgan fingerprint density at radius 2 is 2.33 bits per heavy atom. The molecule has 0 aliphatic carbocycles. The number of rotatable bonds is 4. The van der Waals surface area contributed by atoms with Gasteiger partial charge >= 0.3 is 0 Å². The van der Waals surface area contributed by atoms with Crippen molar-refractivity contribution in [2.24, 2.45) is 16.3 Å². The molecule has 0 spiro atoms. The van der Waals surface area contributed by atoms with Crippen LogP contribution in [0.15, 0.2) is 29.7 Å². The van der Waals surface area contributed by atoms with Gasteiger partial charge in [0, 0.05) is 13.2 Å². The van der Waals surface area contributed by atoms with Crippen molar-refractivity contribution in [2.45, 2.75) is 20.3 Å². The van der Waals surface area contributed by atoms with Crippen LogP contribution in [-0.2, 0) is 4.79 Å². The van der Waals surface area contributed by atoms with Crippen molar-refractivity contribution in [3.8, 4) is 0 Å². The van der Waals surface area contributed by atoms with Crippen LogP contribution in [0.1, 0.15) is 20.3 Å². The topological polar surface area (TPSA) is 91.8 Å². The Balaban J connectivity index is 3.06. The van der Waals surface area contributed by atoms with Crippen LogP contribution >= 0.6 is 0 Å². The molecule has 1 rings (SSSR count). The molecule has 1 aromatic heterocycles. The molecule has 6 nitrogen and oxygen atoms in total. The number of carbonyl (C=O) groups excluding carboxylic acids is 1. The fourth-order valence-electron chi connectivity index (χ4n) is 1.59. The average molecular weight is 250 g/mol. The van der Waals surface area contributed by atoms with E-state index in [2.05, 4.69) is 10.1 Å². The van der Waals surface area contributed by atoms with E-state index in [9.17, 15) is 4.79 Å². The quantitative estimate of drug-likeness (QED) is 0.363. The standard InChI is InChI=1S/C12H18N4O2/c1-4-12(2,10(13)15-18)11(17)16(3)9-6-5-7-14-8-9/h5-8,18H,4H2,1-3H3,(H2,13,15). The maximum atomic E-state index is 12.4. The Morgan fingerprint density at radius 3 is 2.78 bits per heavy atom. The van der Waals surface area contributed by atoms with E-state index in [1.54, 1.807) is 38.5 Å². The van der Waals surface area contributed by atoms with Crippen LogP contribution in [0.5, 0.6) is 0 Å². The summed E-state index contributed by atoms with van der Waals surface area (Å²) in [5.74, 6) is -0.334. The summed E-state index contributed by atoms with van der Waals surface area (Å²) in [7, 11) is 1.64. The summed E-state index contributed by atoms with van der Waals surface area (Å²) in [6.07, 6.45) is 3.65. The van der Waals surface area contributed by atoms with Crippen LogP contribution in [-0.4, -0.2) is 29.0 Å². The zero-order chi connectivity index (χ0) is 13.8. The van der Waals surface area contributed by atoms with Gasteiger partial charge in [0.25, 0.3) is 0 Å². The fraction of sp³-hybridized carbons (Fsp3) is 0.417. The van der Waals surface area contributed by atoms with Crippen molar-refractivity contribution in [3.63, 3.8) is 0 Å². The number of nitrogens with two attached hydrogens (primary N) is 1. The Hall–Kier alpha value is -2.11. The lowest BCUT2D eigenvalue weighted by atomic mass is 9.84. The predicted molar refractivity (Wildman–Crippen MR) is 69.5 cm³/mol. The lowest BCUT2D eigenvalue weighted by Crippen LogP contribution is -2.48. The summed E-state index contributed by atoms with van der Waals surface area (Å²) in [4.78, 5) is 17.8. The Labute approximate surface area is 106 Å². The summed E-state index contributed by atoms with van der Waals surface area (Å²) < 4.78 is 0. The van der Waals surface area contributed by atoms with Gasteiger partial charge in [-0.2, -0.15) is 0 Å². The van der Waals surface area contributed by atoms with Crippen LogP contribution in [0.2, 0.25) is 0 Å². The van der Waals surface area contributed by atoms with Crippen molar-refractivity contribution in [1.82, 2.24) is 4.98 Å². The number of nitrogens with zero attached hydrogens (tertiary/aromatic N) is 3. The van der Waals surface area contributed by atoms with Crippen molar-refractivity contribution in [2.75, 3.05) is 11.9 Å². The molecule has 1 aromatic rings. The monoisotopic (exact) mass is 250 g/mol. The number of aromatic nitrogens is 1. The molecule has 18 heavy (non-hydrogen) atoms. The number of amides is 1. The summed E-state index contributed by atoms with van der Waals surface area (Å²) in [5.41, 5.74) is 5.25. The third-order valence-corrected chi connectivity index (χ3v) is 3.19. The lowest BCUT2D eigenvalue weighted by molar-refractivity contribution is -0.124. The van der Waals surface area contributed by atoms with Gasteiger partial charge in [-0.1, -0.05) is 12.1 Å². The minimum Gasteiger partial charge on any atom is -0.409 e. The highest BCUT2D eigenvalue weighted by Crippen LogP contribution is 2.26. The Morgan fingerprint density at radius 1 is 1.67 bits per heavy atom. The first kappa shape index (κ1) is 14.0. The van der Waals surface area contributed by atoms with Crippen LogP contribution < -0.4 is 10.6 Å². The molecule has 3 N–H and O–H groups in total. The van der Waals surface area contributed by atoms with Crippen LogP contribution in [0.25, 0.3) is 0 Å². The third-order valence-electron chi connectivity index (χ3n) is 3.19. The normalized spacial score (nSPS) is 14.9. The van der Waals surface area contributed by atoms with E-state index < -0.39 is 5.41 Å². The van der Waals surface area contributed by atoms with Gasteiger partial charge in [0.05, 0.1) is 11.9 Å². The predicted octanol–water partition coefficient (Wildman–Crippen LogP) is 1.21. The molecule has 6 heteroatoms. The van der Waals surface area contributed by atoms with Crippen LogP contribution in [0.4, 0.5) is 5.69 Å². The van der Waals surface area contributed by atoms with Crippen molar-refractivity contribution >= 4 is 17.4 Å². The second-order valence-electron chi connectivity index (χ2n) is 4.25. The first-order chi connectivity index (χ1) is 8.47. The highest BCUT2D eigenvalue weighted by molar-refractivity contribution is 6.12. The van der Waals surface area contributed by atoms with Crippen molar-refractivity contribution < 1.29 is 10.0 Å². The van der Waals surface area contributed by atoms with Crippen LogP contribution in [0.3, 0.4) is 0 Å². The summed E-state index contributed by atoms with van der Waals surface area (Å²) in [6, 6.07) is 3.51. The second-order valence-corrected chi connectivity index (χ2v) is 4.25. The van der Waals surface area contributed by atoms with Crippen molar-refractivity contribution in [3.05, 3.63) is 24.5 Å². The highest BCUT2D eigenvalue weighted by atomic mass is 16.4. The second kappa shape index (κ2) is 5.48. The highest BCUT2D eigenvalue weighted by Gasteiger charge is 2.38. The average Bonchev–Trinajstić information content (AvgIpc) is 2.44. The number of pyridine rings is 1. The summed E-state index contributed by atoms with van der Waals surface area (Å²) in [5, 5.41) is 11.7. The minimum absolute atomic E-state index is 0.0919. The molecule has 0 bridgehead atoms. The van der Waals surface area contributed by atoms with E-state index in [0.717, 1.165) is 0 Å². The molecule has 1 unspecified atom stereocenters. The zero-order valence-electron chi connectivity index (χ0n) is 10.8. The van der Waals surface area contributed by atoms with Crippen LogP contribution in [0, 0.1) is 5.41 Å². The van der Waals surface area contributed by atoms with E-state index in [1.807, 2.05) is 6.92 Å². The fourth-order valence-corrected chi connectivity index (χ4v) is 1.59. The molecule has 98 valence electrons. The number of hydrogen-bond acceptors (Lipinski definition) is 4. The van der Waals surface area contributed by atoms with Gasteiger partial charge < -0.3 is 15.8 Å². The molecule has 0 saturated carbocycles. The molecular weight excluding hydrogens is 232 g/mol. The van der Waals surface area contributed by atoms with Gasteiger partial charge in [0.15, 0.2) is 5.84 Å². The molecule has 0 aliphatic rings. The molecular formula is C12H18N4O2. The van der Waals surface area contributed by atoms with Gasteiger partial charge in [0.2, 0.25) is 5.91 Å². The molecule has 0 saturated heterocycles. The maximum Gasteiger partial charge on any atom is 0.240 e. The first-order valence-electron chi connectivity index (χ1n) is 5.63. The van der Waals surface area contributed by atoms with Gasteiger partial charge in [-0.3, -0.25) is 9.78 Å². The van der Waals surface area contributed by atoms with Gasteiger partial charge in [-0.05, 0) is 25.5 Å². The molecule has 0 fully saturated rings. The van der Waals surface area contributed by atoms with E-state index in [4.69, 9.17) is 10.9 Å².